The molecule has 2 rings (SSSR count). The normalized spacial score (nSPS) is 13.6. The van der Waals surface area contributed by atoms with Crippen molar-refractivity contribution in [2.24, 2.45) is 0 Å². The Kier molecular flexibility index (Phi) is 6.74. The Labute approximate surface area is 154 Å². The van der Waals surface area contributed by atoms with E-state index in [4.69, 9.17) is 4.74 Å². The van der Waals surface area contributed by atoms with Crippen LogP contribution in [0.5, 0.6) is 0 Å². The molecule has 1 N–H and O–H groups in total. The van der Waals surface area contributed by atoms with Crippen molar-refractivity contribution in [2.75, 3.05) is 44.8 Å². The van der Waals surface area contributed by atoms with Crippen LogP contribution in [0.3, 0.4) is 0 Å². The van der Waals surface area contributed by atoms with Crippen LogP contribution in [0.15, 0.2) is 23.1 Å². The fourth-order valence-corrected chi connectivity index (χ4v) is 3.97. The maximum absolute atomic E-state index is 12.5. The van der Waals surface area contributed by atoms with Gasteiger partial charge in [-0.05, 0) is 30.2 Å². The van der Waals surface area contributed by atoms with Crippen LogP contribution >= 0.6 is 0 Å². The molecule has 9 heteroatoms. The number of sulfonamides is 1. The second-order valence-corrected chi connectivity index (χ2v) is 7.87. The number of amides is 2. The van der Waals surface area contributed by atoms with Crippen molar-refractivity contribution in [1.29, 1.82) is 0 Å². The summed E-state index contributed by atoms with van der Waals surface area (Å²) in [5.41, 5.74) is 1.60. The Morgan fingerprint density at radius 3 is 2.62 bits per heavy atom. The molecule has 0 spiro atoms. The molecule has 0 unspecified atom stereocenters. The van der Waals surface area contributed by atoms with Crippen LogP contribution in [0.2, 0.25) is 0 Å². The second kappa shape index (κ2) is 8.61. The lowest BCUT2D eigenvalue weighted by Gasteiger charge is -2.20. The van der Waals surface area contributed by atoms with E-state index in [9.17, 15) is 18.0 Å². The Bertz CT molecular complexity index is 779. The Balaban J connectivity index is 2.02. The number of methoxy groups -OCH3 is 1. The molecule has 1 heterocycles. The van der Waals surface area contributed by atoms with E-state index in [-0.39, 0.29) is 29.8 Å². The molecule has 8 nitrogen and oxygen atoms in total. The molecule has 1 aromatic carbocycles. The standard InChI is InChI=1S/C17H25N3O5S/c1-13(21)19(10-11-25-3)9-7-18-26(23,24)16-4-5-17-15(12-16)6-8-20(17)14(2)22/h4-5,12,18H,6-11H2,1-3H3. The molecule has 0 saturated carbocycles. The predicted molar refractivity (Wildman–Crippen MR) is 97.5 cm³/mol. The first kappa shape index (κ1) is 20.3. The van der Waals surface area contributed by atoms with Crippen molar-refractivity contribution >= 4 is 27.5 Å². The minimum absolute atomic E-state index is 0.0575. The van der Waals surface area contributed by atoms with Crippen molar-refractivity contribution in [3.8, 4) is 0 Å². The van der Waals surface area contributed by atoms with Gasteiger partial charge in [-0.3, -0.25) is 9.59 Å². The molecule has 144 valence electrons. The van der Waals surface area contributed by atoms with Gasteiger partial charge in [-0.1, -0.05) is 0 Å². The van der Waals surface area contributed by atoms with Crippen molar-refractivity contribution in [2.45, 2.75) is 25.2 Å². The third-order valence-corrected chi connectivity index (χ3v) is 5.78. The number of carbonyl (C=O) groups is 2. The lowest BCUT2D eigenvalue weighted by Crippen LogP contribution is -2.39. The topological polar surface area (TPSA) is 96.0 Å². The van der Waals surface area contributed by atoms with Gasteiger partial charge in [0.2, 0.25) is 21.8 Å². The quantitative estimate of drug-likeness (QED) is 0.700. The molecule has 1 aliphatic rings. The number of fused-ring (bicyclic) bond motifs is 1. The summed E-state index contributed by atoms with van der Waals surface area (Å²) in [5, 5.41) is 0. The van der Waals surface area contributed by atoms with Crippen LogP contribution in [0, 0.1) is 0 Å². The van der Waals surface area contributed by atoms with Gasteiger partial charge in [-0.25, -0.2) is 13.1 Å². The van der Waals surface area contributed by atoms with Gasteiger partial charge in [-0.15, -0.1) is 0 Å². The molecule has 0 atom stereocenters. The van der Waals surface area contributed by atoms with Gasteiger partial charge in [0.05, 0.1) is 11.5 Å². The highest BCUT2D eigenvalue weighted by atomic mass is 32.2. The Morgan fingerprint density at radius 1 is 1.27 bits per heavy atom. The minimum atomic E-state index is -3.68. The van der Waals surface area contributed by atoms with E-state index in [0.29, 0.717) is 26.1 Å². The van der Waals surface area contributed by atoms with Gasteiger partial charge in [0.1, 0.15) is 0 Å². The van der Waals surface area contributed by atoms with Crippen LogP contribution in [-0.2, 0) is 30.8 Å². The zero-order valence-corrected chi connectivity index (χ0v) is 16.1. The van der Waals surface area contributed by atoms with Crippen LogP contribution in [-0.4, -0.2) is 65.0 Å². The van der Waals surface area contributed by atoms with E-state index in [1.807, 2.05) is 0 Å². The molecule has 1 aromatic rings. The highest BCUT2D eigenvalue weighted by Gasteiger charge is 2.24. The van der Waals surface area contributed by atoms with Crippen LogP contribution in [0.25, 0.3) is 0 Å². The summed E-state index contributed by atoms with van der Waals surface area (Å²) in [6, 6.07) is 4.77. The third-order valence-electron chi connectivity index (χ3n) is 4.32. The highest BCUT2D eigenvalue weighted by Crippen LogP contribution is 2.30. The van der Waals surface area contributed by atoms with E-state index in [1.54, 1.807) is 24.1 Å². The van der Waals surface area contributed by atoms with Gasteiger partial charge in [-0.2, -0.15) is 0 Å². The van der Waals surface area contributed by atoms with E-state index < -0.39 is 10.0 Å². The number of hydrogen-bond donors (Lipinski definition) is 1. The van der Waals surface area contributed by atoms with Gasteiger partial charge in [0.15, 0.2) is 0 Å². The zero-order chi connectivity index (χ0) is 19.3. The molecule has 26 heavy (non-hydrogen) atoms. The molecule has 0 saturated heterocycles. The largest absolute Gasteiger partial charge is 0.383 e. The fourth-order valence-electron chi connectivity index (χ4n) is 2.90. The highest BCUT2D eigenvalue weighted by molar-refractivity contribution is 7.89. The van der Waals surface area contributed by atoms with Gasteiger partial charge in [0.25, 0.3) is 0 Å². The molecule has 1 aliphatic heterocycles. The number of ether oxygens (including phenoxy) is 1. The molecule has 0 bridgehead atoms. The maximum Gasteiger partial charge on any atom is 0.240 e. The summed E-state index contributed by atoms with van der Waals surface area (Å²) in [4.78, 5) is 26.5. The average Bonchev–Trinajstić information content (AvgIpc) is 3.01. The van der Waals surface area contributed by atoms with Crippen molar-refractivity contribution in [3.63, 3.8) is 0 Å². The summed E-state index contributed by atoms with van der Waals surface area (Å²) in [5.74, 6) is -0.194. The first-order valence-corrected chi connectivity index (χ1v) is 9.89. The van der Waals surface area contributed by atoms with Gasteiger partial charge >= 0.3 is 0 Å². The number of carbonyl (C=O) groups excluding carboxylic acids is 2. The first-order chi connectivity index (χ1) is 12.3. The smallest absolute Gasteiger partial charge is 0.240 e. The molecule has 0 aliphatic carbocycles. The summed E-state index contributed by atoms with van der Waals surface area (Å²) in [6.07, 6.45) is 0.632. The monoisotopic (exact) mass is 383 g/mol. The summed E-state index contributed by atoms with van der Waals surface area (Å²) >= 11 is 0. The number of nitrogens with zero attached hydrogens (tertiary/aromatic N) is 2. The lowest BCUT2D eigenvalue weighted by atomic mass is 10.2. The summed E-state index contributed by atoms with van der Waals surface area (Å²) in [6.45, 7) is 4.67. The Morgan fingerprint density at radius 2 is 2.00 bits per heavy atom. The van der Waals surface area contributed by atoms with Crippen molar-refractivity contribution in [1.82, 2.24) is 9.62 Å². The predicted octanol–water partition coefficient (Wildman–Crippen LogP) is 0.369. The molecular weight excluding hydrogens is 358 g/mol. The summed E-state index contributed by atoms with van der Waals surface area (Å²) < 4.78 is 32.5. The number of hydrogen-bond acceptors (Lipinski definition) is 5. The third kappa shape index (κ3) is 4.80. The number of rotatable bonds is 8. The maximum atomic E-state index is 12.5. The minimum Gasteiger partial charge on any atom is -0.383 e. The van der Waals surface area contributed by atoms with E-state index in [1.165, 1.54) is 24.8 Å². The van der Waals surface area contributed by atoms with Crippen LogP contribution < -0.4 is 9.62 Å². The van der Waals surface area contributed by atoms with Crippen molar-refractivity contribution in [3.05, 3.63) is 23.8 Å². The van der Waals surface area contributed by atoms with Crippen LogP contribution in [0.1, 0.15) is 19.4 Å². The molecule has 0 aromatic heterocycles. The Hall–Kier alpha value is -1.97. The molecule has 0 radical (unpaired) electrons. The second-order valence-electron chi connectivity index (χ2n) is 6.11. The molecular formula is C17H25N3O5S. The lowest BCUT2D eigenvalue weighted by molar-refractivity contribution is -0.129. The zero-order valence-electron chi connectivity index (χ0n) is 15.3. The fraction of sp³-hybridized carbons (Fsp3) is 0.529. The van der Waals surface area contributed by atoms with E-state index in [2.05, 4.69) is 4.72 Å². The molecule has 2 amide bonds. The first-order valence-electron chi connectivity index (χ1n) is 8.41. The number of benzene rings is 1. The SMILES string of the molecule is COCCN(CCNS(=O)(=O)c1ccc2c(c1)CCN2C(C)=O)C(C)=O. The van der Waals surface area contributed by atoms with E-state index >= 15 is 0 Å². The van der Waals surface area contributed by atoms with Gasteiger partial charge < -0.3 is 14.5 Å². The van der Waals surface area contributed by atoms with Crippen LogP contribution in [0.4, 0.5) is 5.69 Å². The van der Waals surface area contributed by atoms with Gasteiger partial charge in [0, 0.05) is 52.8 Å². The average molecular weight is 383 g/mol. The number of nitrogens with one attached hydrogen (secondary N) is 1. The van der Waals surface area contributed by atoms with E-state index in [0.717, 1.165) is 11.3 Å². The molecule has 0 fully saturated rings. The van der Waals surface area contributed by atoms with Crippen molar-refractivity contribution < 1.29 is 22.7 Å². The summed E-state index contributed by atoms with van der Waals surface area (Å²) in [7, 11) is -2.14. The number of anilines is 1.